The van der Waals surface area contributed by atoms with Gasteiger partial charge >= 0.3 is 0 Å². The Labute approximate surface area is 122 Å². The van der Waals surface area contributed by atoms with Crippen LogP contribution in [0, 0.1) is 0 Å². The number of hydrogen-bond donors (Lipinski definition) is 3. The molecule has 0 spiro atoms. The van der Waals surface area contributed by atoms with Gasteiger partial charge < -0.3 is 10.4 Å². The quantitative estimate of drug-likeness (QED) is 0.807. The van der Waals surface area contributed by atoms with Crippen molar-refractivity contribution < 1.29 is 13.5 Å². The second-order valence-corrected chi connectivity index (χ2v) is 6.14. The topological polar surface area (TPSA) is 92.4 Å². The summed E-state index contributed by atoms with van der Waals surface area (Å²) in [5.41, 5.74) is 1.35. The molecule has 0 saturated heterocycles. The average Bonchev–Trinajstić information content (AvgIpc) is 2.40. The van der Waals surface area contributed by atoms with Crippen LogP contribution in [0.3, 0.4) is 0 Å². The van der Waals surface area contributed by atoms with E-state index >= 15 is 0 Å². The number of benzene rings is 2. The lowest BCUT2D eigenvalue weighted by Gasteiger charge is -2.09. The molecule has 0 unspecified atom stereocenters. The van der Waals surface area contributed by atoms with E-state index in [1.54, 1.807) is 30.3 Å². The molecule has 0 aliphatic rings. The highest BCUT2D eigenvalue weighted by atomic mass is 35.5. The minimum atomic E-state index is -3.68. The van der Waals surface area contributed by atoms with Crippen molar-refractivity contribution in [2.75, 3.05) is 5.32 Å². The van der Waals surface area contributed by atoms with E-state index < -0.39 is 10.0 Å². The van der Waals surface area contributed by atoms with Gasteiger partial charge in [-0.1, -0.05) is 23.7 Å². The molecule has 106 valence electrons. The summed E-state index contributed by atoms with van der Waals surface area (Å²) in [6.07, 6.45) is 0. The molecular formula is C13H13ClN2O3S. The van der Waals surface area contributed by atoms with Gasteiger partial charge in [-0.3, -0.25) is 0 Å². The molecule has 0 atom stereocenters. The fourth-order valence-corrected chi connectivity index (χ4v) is 2.37. The molecule has 2 aromatic carbocycles. The van der Waals surface area contributed by atoms with Crippen molar-refractivity contribution in [1.82, 2.24) is 0 Å². The van der Waals surface area contributed by atoms with Crippen molar-refractivity contribution in [3.8, 4) is 5.75 Å². The third-order valence-corrected chi connectivity index (χ3v) is 3.97. The molecule has 0 aliphatic heterocycles. The molecule has 0 radical (unpaired) electrons. The van der Waals surface area contributed by atoms with Crippen LogP contribution in [-0.4, -0.2) is 13.5 Å². The van der Waals surface area contributed by atoms with Crippen LogP contribution in [0.15, 0.2) is 47.4 Å². The Kier molecular flexibility index (Phi) is 4.17. The Balaban J connectivity index is 2.10. The molecule has 20 heavy (non-hydrogen) atoms. The number of anilines is 1. The fourth-order valence-electron chi connectivity index (χ4n) is 1.66. The number of halogens is 1. The van der Waals surface area contributed by atoms with E-state index in [0.29, 0.717) is 17.8 Å². The smallest absolute Gasteiger partial charge is 0.238 e. The van der Waals surface area contributed by atoms with Gasteiger partial charge in [0, 0.05) is 17.8 Å². The average molecular weight is 313 g/mol. The second kappa shape index (κ2) is 5.70. The zero-order valence-electron chi connectivity index (χ0n) is 10.4. The number of nitrogens with two attached hydrogens (primary N) is 1. The third-order valence-electron chi connectivity index (χ3n) is 2.74. The number of nitrogens with one attached hydrogen (secondary N) is 1. The van der Waals surface area contributed by atoms with Crippen molar-refractivity contribution >= 4 is 27.3 Å². The standard InChI is InChI=1S/C13H13ClN2O3S/c14-12-3-1-2-9(13(12)17)8-16-10-4-6-11(7-5-10)20(15,18)19/h1-7,16-17H,8H2,(H2,15,18,19). The molecule has 0 bridgehead atoms. The molecule has 0 heterocycles. The van der Waals surface area contributed by atoms with Gasteiger partial charge in [0.2, 0.25) is 10.0 Å². The van der Waals surface area contributed by atoms with Gasteiger partial charge in [0.1, 0.15) is 5.75 Å². The van der Waals surface area contributed by atoms with E-state index in [0.717, 1.165) is 0 Å². The van der Waals surface area contributed by atoms with E-state index in [-0.39, 0.29) is 15.7 Å². The molecule has 2 aromatic rings. The van der Waals surface area contributed by atoms with Gasteiger partial charge in [0.15, 0.2) is 0 Å². The van der Waals surface area contributed by atoms with Crippen molar-refractivity contribution in [2.24, 2.45) is 5.14 Å². The van der Waals surface area contributed by atoms with Crippen LogP contribution in [0.25, 0.3) is 0 Å². The van der Waals surface area contributed by atoms with E-state index in [1.807, 2.05) is 0 Å². The number of phenolic OH excluding ortho intramolecular Hbond substituents is 1. The monoisotopic (exact) mass is 312 g/mol. The Hall–Kier alpha value is -1.76. The first kappa shape index (κ1) is 14.6. The summed E-state index contributed by atoms with van der Waals surface area (Å²) >= 11 is 5.81. The lowest BCUT2D eigenvalue weighted by molar-refractivity contribution is 0.469. The van der Waals surface area contributed by atoms with Gasteiger partial charge in [0.25, 0.3) is 0 Å². The molecule has 7 heteroatoms. The van der Waals surface area contributed by atoms with E-state index in [4.69, 9.17) is 16.7 Å². The maximum Gasteiger partial charge on any atom is 0.238 e. The lowest BCUT2D eigenvalue weighted by atomic mass is 10.2. The van der Waals surface area contributed by atoms with Gasteiger partial charge in [-0.25, -0.2) is 13.6 Å². The minimum absolute atomic E-state index is 0.0304. The molecule has 0 saturated carbocycles. The zero-order chi connectivity index (χ0) is 14.8. The van der Waals surface area contributed by atoms with Crippen LogP contribution in [0.5, 0.6) is 5.75 Å². The molecule has 2 rings (SSSR count). The normalized spacial score (nSPS) is 11.3. The van der Waals surface area contributed by atoms with Gasteiger partial charge in [-0.2, -0.15) is 0 Å². The first-order valence-electron chi connectivity index (χ1n) is 5.71. The van der Waals surface area contributed by atoms with Crippen molar-refractivity contribution in [3.63, 3.8) is 0 Å². The second-order valence-electron chi connectivity index (χ2n) is 4.17. The predicted octanol–water partition coefficient (Wildman–Crippen LogP) is 2.31. The van der Waals surface area contributed by atoms with Crippen molar-refractivity contribution in [2.45, 2.75) is 11.4 Å². The first-order valence-corrected chi connectivity index (χ1v) is 7.63. The summed E-state index contributed by atoms with van der Waals surface area (Å²) in [7, 11) is -3.68. The molecule has 0 aliphatic carbocycles. The summed E-state index contributed by atoms with van der Waals surface area (Å²) < 4.78 is 22.2. The van der Waals surface area contributed by atoms with Crippen LogP contribution >= 0.6 is 11.6 Å². The number of primary sulfonamides is 1. The highest BCUT2D eigenvalue weighted by Crippen LogP contribution is 2.27. The Morgan fingerprint density at radius 1 is 1.15 bits per heavy atom. The fraction of sp³-hybridized carbons (Fsp3) is 0.0769. The number of sulfonamides is 1. The van der Waals surface area contributed by atoms with E-state index in [1.165, 1.54) is 12.1 Å². The van der Waals surface area contributed by atoms with Gasteiger partial charge in [-0.15, -0.1) is 0 Å². The van der Waals surface area contributed by atoms with Crippen molar-refractivity contribution in [1.29, 1.82) is 0 Å². The highest BCUT2D eigenvalue weighted by Gasteiger charge is 2.07. The van der Waals surface area contributed by atoms with Crippen molar-refractivity contribution in [3.05, 3.63) is 53.1 Å². The van der Waals surface area contributed by atoms with Crippen LogP contribution in [0.4, 0.5) is 5.69 Å². The van der Waals surface area contributed by atoms with Crippen LogP contribution < -0.4 is 10.5 Å². The summed E-state index contributed by atoms with van der Waals surface area (Å²) in [6, 6.07) is 11.1. The van der Waals surface area contributed by atoms with Crippen LogP contribution in [0.2, 0.25) is 5.02 Å². The van der Waals surface area contributed by atoms with E-state index in [2.05, 4.69) is 5.32 Å². The molecule has 0 amide bonds. The van der Waals surface area contributed by atoms with Crippen LogP contribution in [-0.2, 0) is 16.6 Å². The minimum Gasteiger partial charge on any atom is -0.506 e. The molecule has 5 nitrogen and oxygen atoms in total. The lowest BCUT2D eigenvalue weighted by Crippen LogP contribution is -2.12. The molecule has 0 fully saturated rings. The number of aromatic hydroxyl groups is 1. The largest absolute Gasteiger partial charge is 0.506 e. The molecular weight excluding hydrogens is 300 g/mol. The summed E-state index contributed by atoms with van der Waals surface area (Å²) in [4.78, 5) is 0.0497. The molecule has 0 aromatic heterocycles. The Bertz CT molecular complexity index is 715. The van der Waals surface area contributed by atoms with Crippen LogP contribution in [0.1, 0.15) is 5.56 Å². The zero-order valence-corrected chi connectivity index (χ0v) is 11.9. The summed E-state index contributed by atoms with van der Waals surface area (Å²) in [5.74, 6) is 0.0304. The first-order chi connectivity index (χ1) is 9.38. The van der Waals surface area contributed by atoms with Gasteiger partial charge in [-0.05, 0) is 30.3 Å². The third kappa shape index (κ3) is 3.41. The van der Waals surface area contributed by atoms with Gasteiger partial charge in [0.05, 0.1) is 9.92 Å². The number of rotatable bonds is 4. The predicted molar refractivity (Wildman–Crippen MR) is 78.3 cm³/mol. The molecule has 4 N–H and O–H groups in total. The number of para-hydroxylation sites is 1. The Morgan fingerprint density at radius 2 is 1.80 bits per heavy atom. The SMILES string of the molecule is NS(=O)(=O)c1ccc(NCc2cccc(Cl)c2O)cc1. The summed E-state index contributed by atoms with van der Waals surface area (Å²) in [5, 5.41) is 18.1. The highest BCUT2D eigenvalue weighted by molar-refractivity contribution is 7.89. The van der Waals surface area contributed by atoms with E-state index in [9.17, 15) is 13.5 Å². The maximum absolute atomic E-state index is 11.1. The Morgan fingerprint density at radius 3 is 2.40 bits per heavy atom. The number of phenols is 1. The summed E-state index contributed by atoms with van der Waals surface area (Å²) in [6.45, 7) is 0.362. The number of hydrogen-bond acceptors (Lipinski definition) is 4. The maximum atomic E-state index is 11.1.